The minimum atomic E-state index is -0.541. The lowest BCUT2D eigenvalue weighted by atomic mass is 10.2. The molecule has 2 aliphatic rings. The fourth-order valence-electron chi connectivity index (χ4n) is 1.56. The Bertz CT molecular complexity index is 198. The van der Waals surface area contributed by atoms with Crippen molar-refractivity contribution >= 4 is 0 Å². The van der Waals surface area contributed by atoms with Gasteiger partial charge >= 0.3 is 0 Å². The summed E-state index contributed by atoms with van der Waals surface area (Å²) in [6.45, 7) is 3.71. The van der Waals surface area contributed by atoms with Crippen molar-refractivity contribution in [2.75, 3.05) is 0 Å². The smallest absolute Gasteiger partial charge is 0.164 e. The lowest BCUT2D eigenvalue weighted by Crippen LogP contribution is -2.28. The number of aliphatic hydroxyl groups is 1. The Morgan fingerprint density at radius 2 is 2.00 bits per heavy atom. The summed E-state index contributed by atoms with van der Waals surface area (Å²) in [5.41, 5.74) is 0. The Morgan fingerprint density at radius 1 is 1.27 bits per heavy atom. The molecule has 1 aliphatic heterocycles. The number of hydrogen-bond donors (Lipinski definition) is 1. The van der Waals surface area contributed by atoms with Crippen LogP contribution in [0.25, 0.3) is 0 Å². The van der Waals surface area contributed by atoms with E-state index in [1.807, 2.05) is 19.9 Å². The topological polar surface area (TPSA) is 38.7 Å². The Hall–Kier alpha value is -0.380. The van der Waals surface area contributed by atoms with Gasteiger partial charge < -0.3 is 14.6 Å². The Kier molecular flexibility index (Phi) is 1.36. The second-order valence-corrected chi connectivity index (χ2v) is 3.44. The van der Waals surface area contributed by atoms with Crippen LogP contribution in [0.1, 0.15) is 13.8 Å². The minimum Gasteiger partial charge on any atom is -0.386 e. The quantitative estimate of drug-likeness (QED) is 0.517. The SMILES string of the molecule is CC1(C)OC2[C@@H](O)C=C[C@H]2O1. The minimum absolute atomic E-state index is 0.0556. The van der Waals surface area contributed by atoms with Gasteiger partial charge in [-0.1, -0.05) is 12.2 Å². The summed E-state index contributed by atoms with van der Waals surface area (Å²) in [7, 11) is 0. The van der Waals surface area contributed by atoms with E-state index in [0.29, 0.717) is 0 Å². The largest absolute Gasteiger partial charge is 0.386 e. The van der Waals surface area contributed by atoms with Crippen LogP contribution < -0.4 is 0 Å². The Balaban J connectivity index is 2.15. The van der Waals surface area contributed by atoms with Crippen molar-refractivity contribution in [2.45, 2.75) is 37.9 Å². The molecule has 1 fully saturated rings. The van der Waals surface area contributed by atoms with Crippen LogP contribution in [0.3, 0.4) is 0 Å². The fourth-order valence-corrected chi connectivity index (χ4v) is 1.56. The van der Waals surface area contributed by atoms with E-state index in [0.717, 1.165) is 0 Å². The molecule has 3 heteroatoms. The van der Waals surface area contributed by atoms with Crippen molar-refractivity contribution < 1.29 is 14.6 Å². The van der Waals surface area contributed by atoms with Crippen LogP contribution in [0.2, 0.25) is 0 Å². The van der Waals surface area contributed by atoms with Crippen LogP contribution >= 0.6 is 0 Å². The molecule has 62 valence electrons. The van der Waals surface area contributed by atoms with Crippen molar-refractivity contribution in [3.63, 3.8) is 0 Å². The number of aliphatic hydroxyl groups excluding tert-OH is 1. The van der Waals surface area contributed by atoms with E-state index in [1.54, 1.807) is 6.08 Å². The van der Waals surface area contributed by atoms with Crippen LogP contribution in [-0.4, -0.2) is 29.2 Å². The third kappa shape index (κ3) is 1.09. The van der Waals surface area contributed by atoms with Gasteiger partial charge in [-0.15, -0.1) is 0 Å². The highest BCUT2D eigenvalue weighted by Crippen LogP contribution is 2.34. The van der Waals surface area contributed by atoms with E-state index in [-0.39, 0.29) is 12.2 Å². The predicted octanol–water partition coefficient (Wildman–Crippen LogP) is 0.437. The van der Waals surface area contributed by atoms with Gasteiger partial charge in [0.25, 0.3) is 0 Å². The molecule has 1 heterocycles. The fraction of sp³-hybridized carbons (Fsp3) is 0.750. The molecule has 1 saturated heterocycles. The van der Waals surface area contributed by atoms with Gasteiger partial charge in [-0.2, -0.15) is 0 Å². The maximum Gasteiger partial charge on any atom is 0.164 e. The van der Waals surface area contributed by atoms with Gasteiger partial charge in [0.2, 0.25) is 0 Å². The van der Waals surface area contributed by atoms with E-state index >= 15 is 0 Å². The van der Waals surface area contributed by atoms with Gasteiger partial charge in [-0.25, -0.2) is 0 Å². The molecule has 0 amide bonds. The predicted molar refractivity (Wildman–Crippen MR) is 39.0 cm³/mol. The number of rotatable bonds is 0. The lowest BCUT2D eigenvalue weighted by molar-refractivity contribution is -0.152. The molecule has 3 atom stereocenters. The number of fused-ring (bicyclic) bond motifs is 1. The molecule has 0 aromatic heterocycles. The molecule has 1 unspecified atom stereocenters. The summed E-state index contributed by atoms with van der Waals surface area (Å²) >= 11 is 0. The zero-order chi connectivity index (χ0) is 8.06. The van der Waals surface area contributed by atoms with Gasteiger partial charge in [0, 0.05) is 0 Å². The van der Waals surface area contributed by atoms with Gasteiger partial charge in [0.05, 0.1) is 0 Å². The van der Waals surface area contributed by atoms with Crippen molar-refractivity contribution in [2.24, 2.45) is 0 Å². The summed E-state index contributed by atoms with van der Waals surface area (Å²) in [6.07, 6.45) is 2.82. The van der Waals surface area contributed by atoms with Crippen LogP contribution in [0, 0.1) is 0 Å². The second kappa shape index (κ2) is 2.06. The van der Waals surface area contributed by atoms with E-state index in [9.17, 15) is 5.11 Å². The molecule has 11 heavy (non-hydrogen) atoms. The standard InChI is InChI=1S/C8H12O3/c1-8(2)10-6-4-3-5(9)7(6)11-8/h3-7,9H,1-2H3/t5-,6+,7?/m0/s1. The highest BCUT2D eigenvalue weighted by molar-refractivity contribution is 5.13. The first-order valence-electron chi connectivity index (χ1n) is 3.80. The van der Waals surface area contributed by atoms with Gasteiger partial charge in [-0.05, 0) is 13.8 Å². The molecule has 0 radical (unpaired) electrons. The first kappa shape index (κ1) is 7.28. The van der Waals surface area contributed by atoms with Crippen molar-refractivity contribution in [1.82, 2.24) is 0 Å². The van der Waals surface area contributed by atoms with Crippen molar-refractivity contribution in [1.29, 1.82) is 0 Å². The summed E-state index contributed by atoms with van der Waals surface area (Å²) in [6, 6.07) is 0. The second-order valence-electron chi connectivity index (χ2n) is 3.44. The summed E-state index contributed by atoms with van der Waals surface area (Å²) in [4.78, 5) is 0. The van der Waals surface area contributed by atoms with Gasteiger partial charge in [0.15, 0.2) is 5.79 Å². The van der Waals surface area contributed by atoms with Crippen molar-refractivity contribution in [3.05, 3.63) is 12.2 Å². The Morgan fingerprint density at radius 3 is 2.64 bits per heavy atom. The van der Waals surface area contributed by atoms with E-state index < -0.39 is 11.9 Å². The van der Waals surface area contributed by atoms with Gasteiger partial charge in [0.1, 0.15) is 18.3 Å². The van der Waals surface area contributed by atoms with Crippen molar-refractivity contribution in [3.8, 4) is 0 Å². The molecule has 3 nitrogen and oxygen atoms in total. The molecular formula is C8H12O3. The third-order valence-electron chi connectivity index (χ3n) is 2.00. The third-order valence-corrected chi connectivity index (χ3v) is 2.00. The molecule has 0 aromatic carbocycles. The van der Waals surface area contributed by atoms with E-state index in [2.05, 4.69) is 0 Å². The number of hydrogen-bond acceptors (Lipinski definition) is 3. The molecule has 2 rings (SSSR count). The molecular weight excluding hydrogens is 144 g/mol. The van der Waals surface area contributed by atoms with Crippen LogP contribution in [-0.2, 0) is 9.47 Å². The average molecular weight is 156 g/mol. The summed E-state index contributed by atoms with van der Waals surface area (Å²) < 4.78 is 10.9. The number of ether oxygens (including phenoxy) is 2. The maximum atomic E-state index is 9.34. The summed E-state index contributed by atoms with van der Waals surface area (Å²) in [5, 5.41) is 9.34. The normalized spacial score (nSPS) is 46.3. The lowest BCUT2D eigenvalue weighted by Gasteiger charge is -2.18. The first-order chi connectivity index (χ1) is 5.08. The monoisotopic (exact) mass is 156 g/mol. The average Bonchev–Trinajstić information content (AvgIpc) is 2.31. The van der Waals surface area contributed by atoms with Crippen LogP contribution in [0.15, 0.2) is 12.2 Å². The van der Waals surface area contributed by atoms with E-state index in [1.165, 1.54) is 0 Å². The first-order valence-corrected chi connectivity index (χ1v) is 3.80. The van der Waals surface area contributed by atoms with Gasteiger partial charge in [-0.3, -0.25) is 0 Å². The molecule has 1 N–H and O–H groups in total. The highest BCUT2D eigenvalue weighted by Gasteiger charge is 2.45. The maximum absolute atomic E-state index is 9.34. The molecule has 0 saturated carbocycles. The summed E-state index contributed by atoms with van der Waals surface area (Å²) in [5.74, 6) is -0.541. The Labute approximate surface area is 65.6 Å². The van der Waals surface area contributed by atoms with E-state index in [4.69, 9.17) is 9.47 Å². The zero-order valence-electron chi connectivity index (χ0n) is 6.65. The highest BCUT2D eigenvalue weighted by atomic mass is 16.8. The molecule has 0 spiro atoms. The van der Waals surface area contributed by atoms with Crippen LogP contribution in [0.5, 0.6) is 0 Å². The molecule has 1 aliphatic carbocycles. The molecule has 0 bridgehead atoms. The zero-order valence-corrected chi connectivity index (χ0v) is 6.65. The molecule has 0 aromatic rings. The van der Waals surface area contributed by atoms with Crippen LogP contribution in [0.4, 0.5) is 0 Å².